The van der Waals surface area contributed by atoms with Gasteiger partial charge in [-0.15, -0.1) is 6.58 Å². The molecule has 1 nitrogen and oxygen atoms in total. The highest BCUT2D eigenvalue weighted by Gasteiger charge is 2.14. The molecular weight excluding hydrogens is 268 g/mol. The molecule has 1 aromatic heterocycles. The fourth-order valence-corrected chi connectivity index (χ4v) is 3.08. The Labute approximate surface area is 137 Å². The largest absolute Gasteiger partial charge is 0.461 e. The molecule has 0 N–H and O–H groups in total. The number of hydrogen-bond acceptors (Lipinski definition) is 1. The maximum atomic E-state index is 6.13. The lowest BCUT2D eigenvalue weighted by atomic mass is 9.95. The second kappa shape index (κ2) is 10.5. The van der Waals surface area contributed by atoms with Gasteiger partial charge in [-0.05, 0) is 56.2 Å². The van der Waals surface area contributed by atoms with E-state index in [0.29, 0.717) is 0 Å². The van der Waals surface area contributed by atoms with Gasteiger partial charge in [-0.25, -0.2) is 0 Å². The molecular formula is C21H34O. The Kier molecular flexibility index (Phi) is 8.96. The summed E-state index contributed by atoms with van der Waals surface area (Å²) in [5, 5.41) is 0. The Hall–Kier alpha value is -1.24. The number of rotatable bonds is 11. The maximum Gasteiger partial charge on any atom is 0.130 e. The van der Waals surface area contributed by atoms with Gasteiger partial charge in [-0.1, -0.05) is 58.1 Å². The first-order valence-corrected chi connectivity index (χ1v) is 9.09. The molecule has 0 spiro atoms. The van der Waals surface area contributed by atoms with Crippen molar-refractivity contribution in [1.29, 1.82) is 0 Å². The molecule has 0 aliphatic heterocycles. The van der Waals surface area contributed by atoms with E-state index in [0.717, 1.165) is 24.4 Å². The minimum atomic E-state index is 0.913. The van der Waals surface area contributed by atoms with Crippen molar-refractivity contribution < 1.29 is 4.42 Å². The van der Waals surface area contributed by atoms with Crippen molar-refractivity contribution >= 4 is 5.57 Å². The quantitative estimate of drug-likeness (QED) is 0.310. The van der Waals surface area contributed by atoms with Gasteiger partial charge in [-0.2, -0.15) is 0 Å². The average molecular weight is 303 g/mol. The van der Waals surface area contributed by atoms with Crippen molar-refractivity contribution in [2.24, 2.45) is 0 Å². The summed E-state index contributed by atoms with van der Waals surface area (Å²) < 4.78 is 6.13. The van der Waals surface area contributed by atoms with Crippen LogP contribution >= 0.6 is 0 Å². The second-order valence-electron chi connectivity index (χ2n) is 6.22. The van der Waals surface area contributed by atoms with Gasteiger partial charge in [-0.3, -0.25) is 0 Å². The van der Waals surface area contributed by atoms with E-state index in [9.17, 15) is 0 Å². The monoisotopic (exact) mass is 302 g/mol. The normalized spacial score (nSPS) is 10.7. The van der Waals surface area contributed by atoms with Gasteiger partial charge >= 0.3 is 0 Å². The second-order valence-corrected chi connectivity index (χ2v) is 6.22. The summed E-state index contributed by atoms with van der Waals surface area (Å²) in [6.45, 7) is 12.8. The highest BCUT2D eigenvalue weighted by molar-refractivity contribution is 5.67. The van der Waals surface area contributed by atoms with E-state index < -0.39 is 0 Å². The van der Waals surface area contributed by atoms with E-state index in [1.807, 2.05) is 6.08 Å². The Morgan fingerprint density at radius 3 is 2.32 bits per heavy atom. The fourth-order valence-electron chi connectivity index (χ4n) is 3.08. The molecule has 0 radical (unpaired) electrons. The Balaban J connectivity index is 3.07. The average Bonchev–Trinajstić information content (AvgIpc) is 2.86. The van der Waals surface area contributed by atoms with Crippen LogP contribution < -0.4 is 0 Å². The highest BCUT2D eigenvalue weighted by atomic mass is 16.3. The van der Waals surface area contributed by atoms with Crippen LogP contribution in [0.3, 0.4) is 0 Å². The van der Waals surface area contributed by atoms with Crippen LogP contribution in [0.5, 0.6) is 0 Å². The van der Waals surface area contributed by atoms with Crippen LogP contribution in [0.1, 0.15) is 89.2 Å². The summed E-state index contributed by atoms with van der Waals surface area (Å²) in [6, 6.07) is 2.29. The van der Waals surface area contributed by atoms with Gasteiger partial charge in [0.15, 0.2) is 0 Å². The minimum absolute atomic E-state index is 0.913. The van der Waals surface area contributed by atoms with E-state index in [2.05, 4.69) is 40.3 Å². The van der Waals surface area contributed by atoms with Crippen LogP contribution in [-0.2, 0) is 6.42 Å². The van der Waals surface area contributed by atoms with Crippen LogP contribution in [0, 0.1) is 6.92 Å². The molecule has 1 aromatic rings. The first kappa shape index (κ1) is 18.8. The zero-order valence-corrected chi connectivity index (χ0v) is 15.1. The smallest absolute Gasteiger partial charge is 0.130 e. The fraction of sp³-hybridized carbons (Fsp3) is 0.619. The lowest BCUT2D eigenvalue weighted by molar-refractivity contribution is 0.513. The summed E-state index contributed by atoms with van der Waals surface area (Å²) in [6.07, 6.45) is 12.6. The molecule has 0 saturated carbocycles. The number of furan rings is 1. The third-order valence-electron chi connectivity index (χ3n) is 4.25. The Morgan fingerprint density at radius 1 is 1.09 bits per heavy atom. The van der Waals surface area contributed by atoms with Crippen molar-refractivity contribution in [3.05, 3.63) is 41.4 Å². The van der Waals surface area contributed by atoms with Gasteiger partial charge in [0.1, 0.15) is 11.5 Å². The van der Waals surface area contributed by atoms with Crippen molar-refractivity contribution in [3.8, 4) is 0 Å². The molecule has 0 unspecified atom stereocenters. The van der Waals surface area contributed by atoms with Gasteiger partial charge in [0.25, 0.3) is 0 Å². The molecule has 0 aliphatic carbocycles. The van der Waals surface area contributed by atoms with Crippen LogP contribution in [0.2, 0.25) is 0 Å². The maximum absolute atomic E-state index is 6.13. The minimum Gasteiger partial charge on any atom is -0.461 e. The summed E-state index contributed by atoms with van der Waals surface area (Å²) in [4.78, 5) is 0. The third kappa shape index (κ3) is 5.51. The molecule has 0 fully saturated rings. The van der Waals surface area contributed by atoms with Crippen LogP contribution in [-0.4, -0.2) is 0 Å². The van der Waals surface area contributed by atoms with Crippen LogP contribution in [0.4, 0.5) is 0 Å². The van der Waals surface area contributed by atoms with Gasteiger partial charge < -0.3 is 4.42 Å². The topological polar surface area (TPSA) is 13.1 Å². The lowest BCUT2D eigenvalue weighted by Gasteiger charge is -2.11. The molecule has 1 rings (SSSR count). The van der Waals surface area contributed by atoms with E-state index in [4.69, 9.17) is 4.42 Å². The van der Waals surface area contributed by atoms with Gasteiger partial charge in [0.2, 0.25) is 0 Å². The van der Waals surface area contributed by atoms with Crippen molar-refractivity contribution in [3.63, 3.8) is 0 Å². The predicted molar refractivity (Wildman–Crippen MR) is 98.2 cm³/mol. The van der Waals surface area contributed by atoms with Gasteiger partial charge in [0, 0.05) is 0 Å². The van der Waals surface area contributed by atoms with Crippen molar-refractivity contribution in [1.82, 2.24) is 0 Å². The van der Waals surface area contributed by atoms with Gasteiger partial charge in [0.05, 0.1) is 0 Å². The standard InChI is InChI=1S/C21H34O/c1-6-10-11-15-19-16-21(22-17(19)5)20(14-9-4)18(12-7-2)13-8-3/h9,16H,4,6-8,10-15H2,1-3,5H3. The Morgan fingerprint density at radius 2 is 1.77 bits per heavy atom. The molecule has 0 aromatic carbocycles. The van der Waals surface area contributed by atoms with Crippen LogP contribution in [0.25, 0.3) is 5.57 Å². The number of hydrogen-bond donors (Lipinski definition) is 0. The first-order chi connectivity index (χ1) is 10.7. The Bertz CT molecular complexity index is 468. The van der Waals surface area contributed by atoms with E-state index in [-0.39, 0.29) is 0 Å². The van der Waals surface area contributed by atoms with E-state index in [1.54, 1.807) is 5.57 Å². The zero-order valence-electron chi connectivity index (χ0n) is 15.1. The number of allylic oxidation sites excluding steroid dienone is 3. The number of aryl methyl sites for hydroxylation is 2. The van der Waals surface area contributed by atoms with Crippen molar-refractivity contribution in [2.45, 2.75) is 85.5 Å². The zero-order chi connectivity index (χ0) is 16.4. The highest BCUT2D eigenvalue weighted by Crippen LogP contribution is 2.31. The number of unbranched alkanes of at least 4 members (excludes halogenated alkanes) is 2. The SMILES string of the molecule is C=CCC(=C(CCC)CCC)c1cc(CCCCC)c(C)o1. The molecule has 0 aliphatic rings. The van der Waals surface area contributed by atoms with Crippen molar-refractivity contribution in [2.75, 3.05) is 0 Å². The third-order valence-corrected chi connectivity index (χ3v) is 4.25. The molecule has 0 bridgehead atoms. The molecule has 0 atom stereocenters. The van der Waals surface area contributed by atoms with E-state index in [1.165, 1.54) is 56.1 Å². The van der Waals surface area contributed by atoms with Crippen LogP contribution in [0.15, 0.2) is 28.7 Å². The molecule has 1 heterocycles. The summed E-state index contributed by atoms with van der Waals surface area (Å²) >= 11 is 0. The molecule has 0 amide bonds. The molecule has 22 heavy (non-hydrogen) atoms. The lowest BCUT2D eigenvalue weighted by Crippen LogP contribution is -1.92. The summed E-state index contributed by atoms with van der Waals surface area (Å²) in [7, 11) is 0. The first-order valence-electron chi connectivity index (χ1n) is 9.09. The predicted octanol–water partition coefficient (Wildman–Crippen LogP) is 7.25. The van der Waals surface area contributed by atoms with E-state index >= 15 is 0 Å². The molecule has 1 heteroatoms. The molecule has 0 saturated heterocycles. The molecule has 124 valence electrons. The summed E-state index contributed by atoms with van der Waals surface area (Å²) in [5.74, 6) is 2.18. The summed E-state index contributed by atoms with van der Waals surface area (Å²) in [5.41, 5.74) is 4.32.